The van der Waals surface area contributed by atoms with Gasteiger partial charge in [0, 0.05) is 19.0 Å². The van der Waals surface area contributed by atoms with Crippen LogP contribution >= 0.6 is 0 Å². The van der Waals surface area contributed by atoms with Gasteiger partial charge in [0.15, 0.2) is 0 Å². The summed E-state index contributed by atoms with van der Waals surface area (Å²) in [4.78, 5) is 12.0. The lowest BCUT2D eigenvalue weighted by molar-refractivity contribution is -0.125. The zero-order valence-electron chi connectivity index (χ0n) is 11.6. The zero-order chi connectivity index (χ0) is 13.6. The summed E-state index contributed by atoms with van der Waals surface area (Å²) in [6.45, 7) is 6.03. The fourth-order valence-electron chi connectivity index (χ4n) is 1.88. The molecule has 0 bridgehead atoms. The first kappa shape index (κ1) is 14.3. The molecule has 18 heavy (non-hydrogen) atoms. The Morgan fingerprint density at radius 1 is 1.28 bits per heavy atom. The molecule has 1 atom stereocenters. The smallest absolute Gasteiger partial charge is 0.230 e. The normalized spacial score (nSPS) is 13.1. The maximum Gasteiger partial charge on any atom is 0.230 e. The van der Waals surface area contributed by atoms with Crippen molar-refractivity contribution in [3.63, 3.8) is 0 Å². The number of hydrogen-bond donors (Lipinski definition) is 1. The second-order valence-corrected chi connectivity index (χ2v) is 4.50. The Morgan fingerprint density at radius 2 is 1.89 bits per heavy atom. The lowest BCUT2D eigenvalue weighted by atomic mass is 9.79. The van der Waals surface area contributed by atoms with Gasteiger partial charge in [-0.05, 0) is 31.0 Å². The molecule has 0 aliphatic rings. The summed E-state index contributed by atoms with van der Waals surface area (Å²) in [5.41, 5.74) is 1.56. The molecule has 0 aliphatic heterocycles. The van der Waals surface area contributed by atoms with Crippen LogP contribution in [-0.4, -0.2) is 13.0 Å². The van der Waals surface area contributed by atoms with E-state index in [-0.39, 0.29) is 5.91 Å². The topological polar surface area (TPSA) is 29.1 Å². The van der Waals surface area contributed by atoms with E-state index in [1.54, 1.807) is 7.05 Å². The van der Waals surface area contributed by atoms with Crippen molar-refractivity contribution in [2.24, 2.45) is 0 Å². The molecule has 96 valence electrons. The van der Waals surface area contributed by atoms with Crippen LogP contribution in [0.15, 0.2) is 24.3 Å². The Bertz CT molecular complexity index is 464. The summed E-state index contributed by atoms with van der Waals surface area (Å²) in [6, 6.07) is 7.96. The van der Waals surface area contributed by atoms with Crippen molar-refractivity contribution in [2.75, 3.05) is 7.05 Å². The largest absolute Gasteiger partial charge is 0.358 e. The molecule has 2 heteroatoms. The molecule has 0 saturated carbocycles. The third kappa shape index (κ3) is 2.92. The van der Waals surface area contributed by atoms with Gasteiger partial charge < -0.3 is 5.32 Å². The minimum Gasteiger partial charge on any atom is -0.358 e. The number of hydrogen-bond acceptors (Lipinski definition) is 1. The number of amides is 1. The monoisotopic (exact) mass is 243 g/mol. The van der Waals surface area contributed by atoms with E-state index < -0.39 is 5.41 Å². The summed E-state index contributed by atoms with van der Waals surface area (Å²) < 4.78 is 0. The van der Waals surface area contributed by atoms with Gasteiger partial charge in [0.05, 0.1) is 5.41 Å². The van der Waals surface area contributed by atoms with Crippen LogP contribution in [0.2, 0.25) is 0 Å². The highest BCUT2D eigenvalue weighted by atomic mass is 16.2. The molecule has 0 fully saturated rings. The first-order chi connectivity index (χ1) is 8.58. The van der Waals surface area contributed by atoms with Crippen molar-refractivity contribution < 1.29 is 4.79 Å². The summed E-state index contributed by atoms with van der Waals surface area (Å²) in [7, 11) is 1.68. The second kappa shape index (κ2) is 6.26. The summed E-state index contributed by atoms with van der Waals surface area (Å²) in [5, 5.41) is 2.74. The third-order valence-corrected chi connectivity index (χ3v) is 3.37. The molecule has 0 spiro atoms. The Morgan fingerprint density at radius 3 is 2.33 bits per heavy atom. The molecule has 2 nitrogen and oxygen atoms in total. The number of likely N-dealkylation sites (N-methyl/N-ethyl adjacent to an activating group) is 1. The molecular weight excluding hydrogens is 222 g/mol. The van der Waals surface area contributed by atoms with E-state index in [0.29, 0.717) is 0 Å². The molecule has 0 aromatic heterocycles. The summed E-state index contributed by atoms with van der Waals surface area (Å²) in [5.74, 6) is 6.18. The van der Waals surface area contributed by atoms with E-state index in [4.69, 9.17) is 0 Å². The van der Waals surface area contributed by atoms with E-state index in [0.717, 1.165) is 24.0 Å². The van der Waals surface area contributed by atoms with E-state index in [1.165, 1.54) is 0 Å². The highest BCUT2D eigenvalue weighted by Crippen LogP contribution is 2.27. The van der Waals surface area contributed by atoms with Crippen LogP contribution in [0.4, 0.5) is 0 Å². The molecule has 1 aromatic rings. The fraction of sp³-hybridized carbons (Fsp3) is 0.438. The lowest BCUT2D eigenvalue weighted by Gasteiger charge is -2.26. The van der Waals surface area contributed by atoms with E-state index in [1.807, 2.05) is 45.0 Å². The van der Waals surface area contributed by atoms with Crippen molar-refractivity contribution >= 4 is 5.91 Å². The van der Waals surface area contributed by atoms with Crippen LogP contribution in [-0.2, 0) is 10.2 Å². The minimum atomic E-state index is -0.467. The molecule has 1 rings (SSSR count). The average molecular weight is 243 g/mol. The van der Waals surface area contributed by atoms with Crippen LogP contribution in [0.1, 0.15) is 44.7 Å². The standard InChI is InChI=1S/C16H21NO/c1-5-7-8-13-9-11-14(12-10-13)16(3,6-2)15(18)17-4/h9-12H,5-6H2,1-4H3,(H,17,18). The van der Waals surface area contributed by atoms with E-state index in [9.17, 15) is 4.79 Å². The highest BCUT2D eigenvalue weighted by molar-refractivity contribution is 5.87. The lowest BCUT2D eigenvalue weighted by Crippen LogP contribution is -2.40. The minimum absolute atomic E-state index is 0.0531. The second-order valence-electron chi connectivity index (χ2n) is 4.50. The van der Waals surface area contributed by atoms with Gasteiger partial charge in [-0.2, -0.15) is 0 Å². The van der Waals surface area contributed by atoms with Crippen molar-refractivity contribution in [1.82, 2.24) is 5.32 Å². The van der Waals surface area contributed by atoms with Crippen molar-refractivity contribution in [3.05, 3.63) is 35.4 Å². The third-order valence-electron chi connectivity index (χ3n) is 3.37. The Hall–Kier alpha value is -1.75. The summed E-state index contributed by atoms with van der Waals surface area (Å²) in [6.07, 6.45) is 1.62. The number of benzene rings is 1. The highest BCUT2D eigenvalue weighted by Gasteiger charge is 2.32. The first-order valence-corrected chi connectivity index (χ1v) is 6.40. The quantitative estimate of drug-likeness (QED) is 0.813. The first-order valence-electron chi connectivity index (χ1n) is 6.40. The molecule has 0 heterocycles. The fourth-order valence-corrected chi connectivity index (χ4v) is 1.88. The molecule has 1 aromatic carbocycles. The van der Waals surface area contributed by atoms with Crippen LogP contribution in [0.3, 0.4) is 0 Å². The zero-order valence-corrected chi connectivity index (χ0v) is 11.6. The Labute approximate surface area is 110 Å². The molecular formula is C16H21NO. The Balaban J connectivity index is 3.06. The molecule has 1 amide bonds. The number of nitrogens with one attached hydrogen (secondary N) is 1. The van der Waals surface area contributed by atoms with Gasteiger partial charge in [0.1, 0.15) is 0 Å². The van der Waals surface area contributed by atoms with Gasteiger partial charge in [-0.25, -0.2) is 0 Å². The van der Waals surface area contributed by atoms with Gasteiger partial charge in [-0.15, -0.1) is 0 Å². The van der Waals surface area contributed by atoms with Crippen LogP contribution < -0.4 is 5.32 Å². The molecule has 0 aliphatic carbocycles. The predicted octanol–water partition coefficient (Wildman–Crippen LogP) is 2.86. The van der Waals surface area contributed by atoms with Crippen LogP contribution in [0.5, 0.6) is 0 Å². The predicted molar refractivity (Wildman–Crippen MR) is 75.3 cm³/mol. The van der Waals surface area contributed by atoms with Gasteiger partial charge in [-0.1, -0.05) is 37.8 Å². The van der Waals surface area contributed by atoms with Gasteiger partial charge in [0.25, 0.3) is 0 Å². The summed E-state index contributed by atoms with van der Waals surface area (Å²) >= 11 is 0. The van der Waals surface area contributed by atoms with Crippen molar-refractivity contribution in [2.45, 2.75) is 39.0 Å². The maximum absolute atomic E-state index is 12.0. The number of carbonyl (C=O) groups excluding carboxylic acids is 1. The van der Waals surface area contributed by atoms with Crippen LogP contribution in [0.25, 0.3) is 0 Å². The Kier molecular flexibility index (Phi) is 4.97. The molecule has 0 radical (unpaired) electrons. The average Bonchev–Trinajstić information content (AvgIpc) is 2.43. The van der Waals surface area contributed by atoms with E-state index >= 15 is 0 Å². The molecule has 1 N–H and O–H groups in total. The van der Waals surface area contributed by atoms with E-state index in [2.05, 4.69) is 17.2 Å². The van der Waals surface area contributed by atoms with Gasteiger partial charge >= 0.3 is 0 Å². The molecule has 0 saturated heterocycles. The van der Waals surface area contributed by atoms with Crippen molar-refractivity contribution in [3.8, 4) is 11.8 Å². The van der Waals surface area contributed by atoms with Gasteiger partial charge in [0.2, 0.25) is 5.91 Å². The van der Waals surface area contributed by atoms with Crippen molar-refractivity contribution in [1.29, 1.82) is 0 Å². The van der Waals surface area contributed by atoms with Gasteiger partial charge in [-0.3, -0.25) is 4.79 Å². The molecule has 1 unspecified atom stereocenters. The van der Waals surface area contributed by atoms with Crippen LogP contribution in [0, 0.1) is 11.8 Å². The number of carbonyl (C=O) groups is 1. The maximum atomic E-state index is 12.0. The SMILES string of the molecule is CCC#Cc1ccc(C(C)(CC)C(=O)NC)cc1. The number of rotatable bonds is 3.